The highest BCUT2D eigenvalue weighted by molar-refractivity contribution is 7.12. The van der Waals surface area contributed by atoms with E-state index in [-0.39, 0.29) is 17.7 Å². The van der Waals surface area contributed by atoms with Crippen molar-refractivity contribution in [2.45, 2.75) is 25.3 Å². The molecule has 0 radical (unpaired) electrons. The summed E-state index contributed by atoms with van der Waals surface area (Å²) in [4.78, 5) is 12.6. The van der Waals surface area contributed by atoms with Gasteiger partial charge in [0.2, 0.25) is 0 Å². The van der Waals surface area contributed by atoms with E-state index < -0.39 is 0 Å². The summed E-state index contributed by atoms with van der Waals surface area (Å²) in [5.41, 5.74) is 5.77. The summed E-state index contributed by atoms with van der Waals surface area (Å²) in [5, 5.41) is 2.44. The van der Waals surface area contributed by atoms with Crippen LogP contribution in [0.3, 0.4) is 0 Å². The fourth-order valence-corrected chi connectivity index (χ4v) is 3.08. The van der Waals surface area contributed by atoms with Crippen LogP contribution in [0.5, 0.6) is 0 Å². The van der Waals surface area contributed by atoms with E-state index in [9.17, 15) is 4.79 Å². The molecule has 0 amide bonds. The van der Waals surface area contributed by atoms with Crippen LogP contribution in [0, 0.1) is 5.92 Å². The molecule has 4 heteroatoms. The van der Waals surface area contributed by atoms with E-state index in [0.29, 0.717) is 9.90 Å². The molecule has 1 fully saturated rings. The zero-order valence-electron chi connectivity index (χ0n) is 7.70. The van der Waals surface area contributed by atoms with E-state index in [0.717, 1.165) is 19.3 Å². The summed E-state index contributed by atoms with van der Waals surface area (Å²) in [6, 6.07) is 1.97. The Kier molecular flexibility index (Phi) is 2.91. The van der Waals surface area contributed by atoms with Gasteiger partial charge in [0, 0.05) is 12.0 Å². The second kappa shape index (κ2) is 4.01. The number of hydrogen-bond acceptors (Lipinski definition) is 3. The number of halogens is 1. The van der Waals surface area contributed by atoms with Crippen LogP contribution in [0.2, 0.25) is 5.02 Å². The van der Waals surface area contributed by atoms with Gasteiger partial charge in [0.05, 0.1) is 9.90 Å². The van der Waals surface area contributed by atoms with Crippen molar-refractivity contribution < 1.29 is 4.79 Å². The average molecular weight is 230 g/mol. The zero-order chi connectivity index (χ0) is 10.1. The number of ketones is 1. The van der Waals surface area contributed by atoms with E-state index in [1.165, 1.54) is 11.3 Å². The van der Waals surface area contributed by atoms with Gasteiger partial charge < -0.3 is 5.73 Å². The lowest BCUT2D eigenvalue weighted by molar-refractivity contribution is 0.0926. The van der Waals surface area contributed by atoms with Crippen molar-refractivity contribution in [3.05, 3.63) is 21.3 Å². The van der Waals surface area contributed by atoms with E-state index in [2.05, 4.69) is 0 Å². The number of rotatable bonds is 2. The van der Waals surface area contributed by atoms with Crippen LogP contribution in [0.25, 0.3) is 0 Å². The maximum atomic E-state index is 11.9. The molecule has 1 aliphatic carbocycles. The molecule has 1 aromatic rings. The van der Waals surface area contributed by atoms with Gasteiger partial charge in [0.25, 0.3) is 0 Å². The maximum Gasteiger partial charge on any atom is 0.177 e. The molecule has 2 unspecified atom stereocenters. The fraction of sp³-hybridized carbons (Fsp3) is 0.500. The minimum atomic E-state index is 0.0983. The largest absolute Gasteiger partial charge is 0.328 e. The highest BCUT2D eigenvalue weighted by Crippen LogP contribution is 2.32. The van der Waals surface area contributed by atoms with Crippen molar-refractivity contribution in [1.82, 2.24) is 0 Å². The van der Waals surface area contributed by atoms with Crippen LogP contribution in [-0.2, 0) is 0 Å². The van der Waals surface area contributed by atoms with Crippen molar-refractivity contribution in [3.63, 3.8) is 0 Å². The predicted octanol–water partition coefficient (Wildman–Crippen LogP) is 2.71. The standard InChI is InChI=1S/C10H12ClNOS/c11-8-3-4-14-10(8)9(13)6-1-2-7(12)5-6/h3-4,6-7H,1-2,5,12H2. The van der Waals surface area contributed by atoms with E-state index >= 15 is 0 Å². The number of hydrogen-bond donors (Lipinski definition) is 1. The van der Waals surface area contributed by atoms with Gasteiger partial charge >= 0.3 is 0 Å². The topological polar surface area (TPSA) is 43.1 Å². The molecular formula is C10H12ClNOS. The molecular weight excluding hydrogens is 218 g/mol. The Balaban J connectivity index is 2.13. The zero-order valence-corrected chi connectivity index (χ0v) is 9.27. The Hall–Kier alpha value is -0.380. The first-order valence-corrected chi connectivity index (χ1v) is 5.97. The number of carbonyl (C=O) groups is 1. The number of Topliss-reactive ketones (excluding diaryl/α,β-unsaturated/α-hetero) is 1. The molecule has 2 rings (SSSR count). The summed E-state index contributed by atoms with van der Waals surface area (Å²) in [6.45, 7) is 0. The molecule has 0 aliphatic heterocycles. The third kappa shape index (κ3) is 1.85. The fourth-order valence-electron chi connectivity index (χ4n) is 1.91. The first kappa shape index (κ1) is 10.1. The summed E-state index contributed by atoms with van der Waals surface area (Å²) < 4.78 is 0. The van der Waals surface area contributed by atoms with E-state index in [4.69, 9.17) is 17.3 Å². The molecule has 2 N–H and O–H groups in total. The molecule has 1 saturated carbocycles. The van der Waals surface area contributed by atoms with Gasteiger partial charge in [0.15, 0.2) is 5.78 Å². The van der Waals surface area contributed by atoms with Gasteiger partial charge in [-0.3, -0.25) is 4.79 Å². The van der Waals surface area contributed by atoms with Crippen molar-refractivity contribution in [1.29, 1.82) is 0 Å². The summed E-state index contributed by atoms with van der Waals surface area (Å²) in [6.07, 6.45) is 2.68. The van der Waals surface area contributed by atoms with E-state index in [1.807, 2.05) is 5.38 Å². The lowest BCUT2D eigenvalue weighted by Gasteiger charge is -2.06. The molecule has 0 aromatic carbocycles. The van der Waals surface area contributed by atoms with E-state index in [1.54, 1.807) is 6.07 Å². The molecule has 0 saturated heterocycles. The second-order valence-electron chi connectivity index (χ2n) is 3.73. The van der Waals surface area contributed by atoms with Crippen LogP contribution in [0.15, 0.2) is 11.4 Å². The molecule has 14 heavy (non-hydrogen) atoms. The maximum absolute atomic E-state index is 11.9. The Bertz CT molecular complexity index is 350. The Morgan fingerprint density at radius 1 is 1.57 bits per heavy atom. The normalized spacial score (nSPS) is 26.7. The Morgan fingerprint density at radius 2 is 2.36 bits per heavy atom. The van der Waals surface area contributed by atoms with Crippen LogP contribution >= 0.6 is 22.9 Å². The van der Waals surface area contributed by atoms with Gasteiger partial charge in [-0.2, -0.15) is 0 Å². The lowest BCUT2D eigenvalue weighted by atomic mass is 10.0. The molecule has 0 spiro atoms. The highest BCUT2D eigenvalue weighted by Gasteiger charge is 2.29. The molecule has 0 bridgehead atoms. The molecule has 2 atom stereocenters. The van der Waals surface area contributed by atoms with Gasteiger partial charge in [-0.25, -0.2) is 0 Å². The Labute approximate surface area is 92.1 Å². The molecule has 2 nitrogen and oxygen atoms in total. The minimum absolute atomic E-state index is 0.0983. The lowest BCUT2D eigenvalue weighted by Crippen LogP contribution is -2.17. The van der Waals surface area contributed by atoms with Crippen LogP contribution < -0.4 is 5.73 Å². The average Bonchev–Trinajstić information content (AvgIpc) is 2.73. The predicted molar refractivity (Wildman–Crippen MR) is 59.0 cm³/mol. The van der Waals surface area contributed by atoms with Crippen molar-refractivity contribution in [3.8, 4) is 0 Å². The highest BCUT2D eigenvalue weighted by atomic mass is 35.5. The van der Waals surface area contributed by atoms with Crippen LogP contribution in [-0.4, -0.2) is 11.8 Å². The number of carbonyl (C=O) groups excluding carboxylic acids is 1. The number of thiophene rings is 1. The summed E-state index contributed by atoms with van der Waals surface area (Å²) >= 11 is 7.33. The van der Waals surface area contributed by atoms with Crippen molar-refractivity contribution in [2.75, 3.05) is 0 Å². The molecule has 1 aromatic heterocycles. The van der Waals surface area contributed by atoms with Gasteiger partial charge in [-0.1, -0.05) is 11.6 Å². The van der Waals surface area contributed by atoms with Gasteiger partial charge in [-0.15, -0.1) is 11.3 Å². The molecule has 1 heterocycles. The smallest absolute Gasteiger partial charge is 0.177 e. The third-order valence-electron chi connectivity index (χ3n) is 2.68. The van der Waals surface area contributed by atoms with Gasteiger partial charge in [0.1, 0.15) is 0 Å². The summed E-state index contributed by atoms with van der Waals surface area (Å²) in [7, 11) is 0. The minimum Gasteiger partial charge on any atom is -0.328 e. The third-order valence-corrected chi connectivity index (χ3v) is 4.04. The summed E-state index contributed by atoms with van der Waals surface area (Å²) in [5.74, 6) is 0.277. The second-order valence-corrected chi connectivity index (χ2v) is 5.06. The molecule has 76 valence electrons. The quantitative estimate of drug-likeness (QED) is 0.793. The van der Waals surface area contributed by atoms with Crippen molar-refractivity contribution in [2.24, 2.45) is 11.7 Å². The molecule has 1 aliphatic rings. The monoisotopic (exact) mass is 229 g/mol. The van der Waals surface area contributed by atoms with Crippen molar-refractivity contribution >= 4 is 28.7 Å². The van der Waals surface area contributed by atoms with Gasteiger partial charge in [-0.05, 0) is 30.7 Å². The first-order valence-electron chi connectivity index (χ1n) is 4.71. The van der Waals surface area contributed by atoms with Crippen LogP contribution in [0.4, 0.5) is 0 Å². The number of nitrogens with two attached hydrogens (primary N) is 1. The SMILES string of the molecule is NC1CCC(C(=O)c2sccc2Cl)C1. The van der Waals surface area contributed by atoms with Crippen LogP contribution in [0.1, 0.15) is 28.9 Å². The Morgan fingerprint density at radius 3 is 2.86 bits per heavy atom. The first-order chi connectivity index (χ1) is 6.68.